The Labute approximate surface area is 181 Å². The molecule has 152 valence electrons. The molecule has 5 rings (SSSR count). The van der Waals surface area contributed by atoms with Gasteiger partial charge in [0.05, 0.1) is 17.1 Å². The fourth-order valence-electron chi connectivity index (χ4n) is 5.12. The van der Waals surface area contributed by atoms with Crippen LogP contribution in [0.5, 0.6) is 0 Å². The second kappa shape index (κ2) is 7.02. The van der Waals surface area contributed by atoms with Gasteiger partial charge in [-0.3, -0.25) is 4.79 Å². The highest BCUT2D eigenvalue weighted by Gasteiger charge is 2.61. The maximum Gasteiger partial charge on any atom is 0.209 e. The van der Waals surface area contributed by atoms with E-state index >= 15 is 0 Å². The largest absolute Gasteiger partial charge is 0.293 e. The maximum absolute atomic E-state index is 12.7. The molecule has 2 aromatic carbocycles. The summed E-state index contributed by atoms with van der Waals surface area (Å²) in [7, 11) is 0. The fraction of sp³-hybridized carbons (Fsp3) is 0.360. The summed E-state index contributed by atoms with van der Waals surface area (Å²) in [6.45, 7) is 6.95. The molecule has 0 amide bonds. The summed E-state index contributed by atoms with van der Waals surface area (Å²) in [5, 5.41) is 9.47. The summed E-state index contributed by atoms with van der Waals surface area (Å²) in [4.78, 5) is 17.6. The lowest BCUT2D eigenvalue weighted by molar-refractivity contribution is 0.102. The van der Waals surface area contributed by atoms with Crippen LogP contribution >= 0.6 is 11.8 Å². The van der Waals surface area contributed by atoms with E-state index in [4.69, 9.17) is 4.98 Å². The second-order valence-electron chi connectivity index (χ2n) is 9.13. The molecule has 30 heavy (non-hydrogen) atoms. The third kappa shape index (κ3) is 2.90. The summed E-state index contributed by atoms with van der Waals surface area (Å²) < 4.78 is 0. The number of rotatable bonds is 5. The predicted octanol–water partition coefficient (Wildman–Crippen LogP) is 5.69. The van der Waals surface area contributed by atoms with E-state index in [9.17, 15) is 4.79 Å². The van der Waals surface area contributed by atoms with Gasteiger partial charge < -0.3 is 0 Å². The lowest BCUT2D eigenvalue weighted by Gasteiger charge is -2.33. The van der Waals surface area contributed by atoms with Crippen LogP contribution in [0.25, 0.3) is 11.1 Å². The Hall–Kier alpha value is -2.53. The van der Waals surface area contributed by atoms with Crippen molar-refractivity contribution in [3.8, 4) is 11.1 Å². The van der Waals surface area contributed by atoms with Gasteiger partial charge in [-0.15, -0.1) is 5.10 Å². The van der Waals surface area contributed by atoms with E-state index < -0.39 is 0 Å². The van der Waals surface area contributed by atoms with Crippen molar-refractivity contribution >= 4 is 17.5 Å². The third-order valence-electron chi connectivity index (χ3n) is 7.42. The Morgan fingerprint density at radius 3 is 2.43 bits per heavy atom. The van der Waals surface area contributed by atoms with Crippen molar-refractivity contribution in [2.45, 2.75) is 50.1 Å². The molecule has 2 bridgehead atoms. The minimum Gasteiger partial charge on any atom is -0.293 e. The number of benzene rings is 2. The molecule has 4 nitrogen and oxygen atoms in total. The van der Waals surface area contributed by atoms with E-state index in [2.05, 4.69) is 43.1 Å². The molecule has 1 aromatic heterocycles. The first kappa shape index (κ1) is 19.4. The first-order valence-corrected chi connectivity index (χ1v) is 11.5. The van der Waals surface area contributed by atoms with Crippen molar-refractivity contribution in [1.29, 1.82) is 0 Å². The van der Waals surface area contributed by atoms with Gasteiger partial charge in [0.15, 0.2) is 5.78 Å². The van der Waals surface area contributed by atoms with Crippen molar-refractivity contribution < 1.29 is 4.79 Å². The zero-order valence-electron chi connectivity index (χ0n) is 17.6. The molecule has 2 aliphatic rings. The number of hydrogen-bond donors (Lipinski definition) is 0. The number of nitrogens with zero attached hydrogens (tertiary/aromatic N) is 3. The van der Waals surface area contributed by atoms with Gasteiger partial charge in [0.2, 0.25) is 5.16 Å². The van der Waals surface area contributed by atoms with Crippen molar-refractivity contribution in [2.24, 2.45) is 5.41 Å². The summed E-state index contributed by atoms with van der Waals surface area (Å²) in [5.74, 6) is 0.840. The number of Topliss-reactive ketones (excluding diaryl/α,β-unsaturated/α-hetero) is 1. The zero-order valence-corrected chi connectivity index (χ0v) is 18.4. The number of hydrogen-bond acceptors (Lipinski definition) is 5. The Kier molecular flexibility index (Phi) is 4.55. The quantitative estimate of drug-likeness (QED) is 0.396. The number of aromatic nitrogens is 3. The highest BCUT2D eigenvalue weighted by molar-refractivity contribution is 7.99. The monoisotopic (exact) mass is 415 g/mol. The molecule has 5 heteroatoms. The molecular weight excluding hydrogens is 390 g/mol. The molecular formula is C25H25N3OS. The topological polar surface area (TPSA) is 55.7 Å². The van der Waals surface area contributed by atoms with Crippen molar-refractivity contribution in [2.75, 3.05) is 5.75 Å². The molecule has 0 spiro atoms. The molecule has 0 unspecified atom stereocenters. The molecule has 2 aliphatic carbocycles. The van der Waals surface area contributed by atoms with Gasteiger partial charge in [0, 0.05) is 16.9 Å². The number of carbonyl (C=O) groups is 1. The summed E-state index contributed by atoms with van der Waals surface area (Å²) in [5.41, 5.74) is 5.35. The van der Waals surface area contributed by atoms with Crippen LogP contribution in [-0.2, 0) is 5.41 Å². The van der Waals surface area contributed by atoms with E-state index in [-0.39, 0.29) is 16.6 Å². The Morgan fingerprint density at radius 2 is 1.70 bits per heavy atom. The molecule has 3 aromatic rings. The Bertz CT molecular complexity index is 1110. The van der Waals surface area contributed by atoms with E-state index in [1.54, 1.807) is 0 Å². The number of ketones is 1. The van der Waals surface area contributed by atoms with Crippen LogP contribution in [0, 0.1) is 5.41 Å². The molecule has 1 saturated carbocycles. The number of thioether (sulfide) groups is 1. The van der Waals surface area contributed by atoms with E-state index in [0.717, 1.165) is 35.4 Å². The van der Waals surface area contributed by atoms with Crippen LogP contribution in [0.2, 0.25) is 0 Å². The standard InChI is InChI=1S/C25H25N3OS/c1-24(2)19-13-14-25(24,3)22-21(19)27-28-23(26-22)30-15-20(29)18-11-9-17(10-12-18)16-7-5-4-6-8-16/h4-12,19H,13-15H2,1-3H3/t19-,25+/m1/s1. The molecule has 2 atom stereocenters. The smallest absolute Gasteiger partial charge is 0.209 e. The lowest BCUT2D eigenvalue weighted by Crippen LogP contribution is -2.32. The van der Waals surface area contributed by atoms with Gasteiger partial charge in [-0.25, -0.2) is 4.98 Å². The summed E-state index contributed by atoms with van der Waals surface area (Å²) >= 11 is 1.38. The highest BCUT2D eigenvalue weighted by atomic mass is 32.2. The molecule has 1 heterocycles. The fourth-order valence-corrected chi connectivity index (χ4v) is 5.80. The van der Waals surface area contributed by atoms with Crippen molar-refractivity contribution in [1.82, 2.24) is 15.2 Å². The van der Waals surface area contributed by atoms with Crippen LogP contribution in [-0.4, -0.2) is 26.7 Å². The first-order valence-electron chi connectivity index (χ1n) is 10.5. The third-order valence-corrected chi connectivity index (χ3v) is 8.26. The Morgan fingerprint density at radius 1 is 1.00 bits per heavy atom. The SMILES string of the molecule is CC1(C)[C@@H]2CC[C@@]1(C)c1nc(SCC(=O)c3ccc(-c4ccccc4)cc3)nnc12. The zero-order chi connectivity index (χ0) is 20.9. The minimum absolute atomic E-state index is 0.0511. The van der Waals surface area contributed by atoms with Crippen LogP contribution < -0.4 is 0 Å². The predicted molar refractivity (Wildman–Crippen MR) is 120 cm³/mol. The summed E-state index contributed by atoms with van der Waals surface area (Å²) in [6.07, 6.45) is 2.31. The average molecular weight is 416 g/mol. The number of carbonyl (C=O) groups excluding carboxylic acids is 1. The molecule has 1 fully saturated rings. The molecule has 0 aliphatic heterocycles. The summed E-state index contributed by atoms with van der Waals surface area (Å²) in [6, 6.07) is 18.0. The van der Waals surface area contributed by atoms with Gasteiger partial charge in [-0.2, -0.15) is 5.10 Å². The van der Waals surface area contributed by atoms with Crippen molar-refractivity contribution in [3.63, 3.8) is 0 Å². The van der Waals surface area contributed by atoms with Crippen LogP contribution in [0.4, 0.5) is 0 Å². The Balaban J connectivity index is 1.29. The van der Waals surface area contributed by atoms with E-state index in [1.165, 1.54) is 11.8 Å². The normalized spacial score (nSPS) is 23.4. The molecule has 0 saturated heterocycles. The average Bonchev–Trinajstić information content (AvgIpc) is 3.11. The van der Waals surface area contributed by atoms with Crippen LogP contribution in [0.1, 0.15) is 61.3 Å². The van der Waals surface area contributed by atoms with Gasteiger partial charge in [0.1, 0.15) is 0 Å². The molecule has 0 radical (unpaired) electrons. The van der Waals surface area contributed by atoms with Crippen LogP contribution in [0.3, 0.4) is 0 Å². The first-order chi connectivity index (χ1) is 14.4. The van der Waals surface area contributed by atoms with Crippen LogP contribution in [0.15, 0.2) is 59.8 Å². The second-order valence-corrected chi connectivity index (χ2v) is 10.1. The molecule has 0 N–H and O–H groups in total. The minimum atomic E-state index is 0.0511. The van der Waals surface area contributed by atoms with Gasteiger partial charge in [-0.05, 0) is 29.4 Å². The van der Waals surface area contributed by atoms with E-state index in [1.807, 2.05) is 42.5 Å². The highest BCUT2D eigenvalue weighted by Crippen LogP contribution is 2.66. The van der Waals surface area contributed by atoms with Gasteiger partial charge in [-0.1, -0.05) is 87.1 Å². The van der Waals surface area contributed by atoms with E-state index in [0.29, 0.717) is 22.4 Å². The number of fused-ring (bicyclic) bond motifs is 5. The maximum atomic E-state index is 12.7. The van der Waals surface area contributed by atoms with Gasteiger partial charge in [0.25, 0.3) is 0 Å². The van der Waals surface area contributed by atoms with Crippen molar-refractivity contribution in [3.05, 3.63) is 71.5 Å². The van der Waals surface area contributed by atoms with Gasteiger partial charge >= 0.3 is 0 Å². The lowest BCUT2D eigenvalue weighted by atomic mass is 9.70.